The molecule has 0 amide bonds. The molecule has 0 spiro atoms. The monoisotopic (exact) mass is 231 g/mol. The second-order valence-corrected chi connectivity index (χ2v) is 4.82. The van der Waals surface area contributed by atoms with E-state index in [-0.39, 0.29) is 0 Å². The lowest BCUT2D eigenvalue weighted by molar-refractivity contribution is -0.121. The average Bonchev–Trinajstić information content (AvgIpc) is 2.38. The van der Waals surface area contributed by atoms with E-state index in [1.165, 1.54) is 24.8 Å². The van der Waals surface area contributed by atoms with Crippen LogP contribution in [0.25, 0.3) is 0 Å². The van der Waals surface area contributed by atoms with Gasteiger partial charge in [-0.2, -0.15) is 0 Å². The summed E-state index contributed by atoms with van der Waals surface area (Å²) in [5.41, 5.74) is 1.43. The number of ketones is 1. The van der Waals surface area contributed by atoms with Crippen molar-refractivity contribution in [2.75, 3.05) is 19.6 Å². The molecule has 2 heteroatoms. The molecule has 0 bridgehead atoms. The first kappa shape index (κ1) is 12.3. The third-order valence-corrected chi connectivity index (χ3v) is 3.45. The van der Waals surface area contributed by atoms with E-state index in [1.54, 1.807) is 0 Å². The first-order valence-corrected chi connectivity index (χ1v) is 6.62. The van der Waals surface area contributed by atoms with Crippen molar-refractivity contribution >= 4 is 5.78 Å². The molecule has 2 nitrogen and oxygen atoms in total. The molecule has 1 aliphatic rings. The van der Waals surface area contributed by atoms with E-state index in [1.807, 2.05) is 0 Å². The molecule has 0 radical (unpaired) electrons. The minimum absolute atomic E-state index is 0.436. The van der Waals surface area contributed by atoms with Crippen LogP contribution in [0.15, 0.2) is 30.3 Å². The van der Waals surface area contributed by atoms with Crippen molar-refractivity contribution in [3.05, 3.63) is 35.9 Å². The topological polar surface area (TPSA) is 20.3 Å². The predicted octanol–water partition coefficient (Wildman–Crippen LogP) is 2.67. The Labute approximate surface area is 104 Å². The van der Waals surface area contributed by atoms with Gasteiger partial charge in [0.1, 0.15) is 5.78 Å². The largest absolute Gasteiger partial charge is 0.302 e. The molecule has 17 heavy (non-hydrogen) atoms. The Bertz CT molecular complexity index is 337. The molecule has 1 fully saturated rings. The number of nitrogens with zero attached hydrogens (tertiary/aromatic N) is 1. The van der Waals surface area contributed by atoms with Crippen LogP contribution in [0.3, 0.4) is 0 Å². The number of likely N-dealkylation sites (tertiary alicyclic amines) is 1. The van der Waals surface area contributed by atoms with Gasteiger partial charge >= 0.3 is 0 Å². The lowest BCUT2D eigenvalue weighted by Gasteiger charge is -2.25. The van der Waals surface area contributed by atoms with Gasteiger partial charge in [-0.05, 0) is 31.4 Å². The van der Waals surface area contributed by atoms with Crippen LogP contribution in [0.2, 0.25) is 0 Å². The van der Waals surface area contributed by atoms with Crippen LogP contribution >= 0.6 is 0 Å². The molecule has 1 aromatic carbocycles. The quantitative estimate of drug-likeness (QED) is 0.726. The third kappa shape index (κ3) is 4.31. The van der Waals surface area contributed by atoms with Gasteiger partial charge in [0.2, 0.25) is 0 Å². The van der Waals surface area contributed by atoms with E-state index in [0.29, 0.717) is 5.78 Å². The summed E-state index contributed by atoms with van der Waals surface area (Å²) in [6.07, 6.45) is 5.18. The van der Waals surface area contributed by atoms with Crippen molar-refractivity contribution in [2.24, 2.45) is 0 Å². The van der Waals surface area contributed by atoms with Crippen molar-refractivity contribution < 1.29 is 4.79 Å². The van der Waals surface area contributed by atoms with E-state index in [9.17, 15) is 4.79 Å². The number of unbranched alkanes of at least 4 members (excludes halogenated alkanes) is 1. The van der Waals surface area contributed by atoms with Gasteiger partial charge in [-0.1, -0.05) is 30.3 Å². The van der Waals surface area contributed by atoms with Gasteiger partial charge in [0.05, 0.1) is 0 Å². The number of hydrogen-bond acceptors (Lipinski definition) is 2. The van der Waals surface area contributed by atoms with E-state index in [2.05, 4.69) is 35.2 Å². The number of hydrogen-bond donors (Lipinski definition) is 0. The summed E-state index contributed by atoms with van der Waals surface area (Å²) >= 11 is 0. The van der Waals surface area contributed by atoms with E-state index < -0.39 is 0 Å². The fraction of sp³-hybridized carbons (Fsp3) is 0.533. The maximum absolute atomic E-state index is 11.1. The van der Waals surface area contributed by atoms with E-state index in [4.69, 9.17) is 0 Å². The van der Waals surface area contributed by atoms with Crippen LogP contribution in [-0.2, 0) is 11.2 Å². The Hall–Kier alpha value is -1.15. The second kappa shape index (κ2) is 6.55. The molecule has 1 aliphatic heterocycles. The summed E-state index contributed by atoms with van der Waals surface area (Å²) in [6, 6.07) is 10.7. The highest BCUT2D eigenvalue weighted by molar-refractivity contribution is 5.79. The summed E-state index contributed by atoms with van der Waals surface area (Å²) in [4.78, 5) is 13.5. The molecule has 92 valence electrons. The number of benzene rings is 1. The fourth-order valence-corrected chi connectivity index (χ4v) is 2.34. The normalized spacial score (nSPS) is 17.3. The number of rotatable bonds is 5. The van der Waals surface area contributed by atoms with E-state index >= 15 is 0 Å². The molecule has 0 atom stereocenters. The summed E-state index contributed by atoms with van der Waals surface area (Å²) < 4.78 is 0. The van der Waals surface area contributed by atoms with Crippen molar-refractivity contribution in [1.29, 1.82) is 0 Å². The molecule has 1 saturated heterocycles. The average molecular weight is 231 g/mol. The number of carbonyl (C=O) groups excluding carboxylic acids is 1. The first-order valence-electron chi connectivity index (χ1n) is 6.62. The van der Waals surface area contributed by atoms with Crippen molar-refractivity contribution in [2.45, 2.75) is 32.1 Å². The summed E-state index contributed by atoms with van der Waals surface area (Å²) in [6.45, 7) is 3.11. The molecule has 0 aliphatic carbocycles. The smallest absolute Gasteiger partial charge is 0.135 e. The fourth-order valence-electron chi connectivity index (χ4n) is 2.34. The molecule has 0 N–H and O–H groups in total. The zero-order chi connectivity index (χ0) is 11.9. The van der Waals surface area contributed by atoms with Gasteiger partial charge in [-0.3, -0.25) is 4.79 Å². The van der Waals surface area contributed by atoms with Crippen LogP contribution in [0.4, 0.5) is 0 Å². The van der Waals surface area contributed by atoms with Gasteiger partial charge in [-0.25, -0.2) is 0 Å². The van der Waals surface area contributed by atoms with Crippen LogP contribution in [-0.4, -0.2) is 30.3 Å². The van der Waals surface area contributed by atoms with Gasteiger partial charge < -0.3 is 4.90 Å². The van der Waals surface area contributed by atoms with Crippen LogP contribution in [0.5, 0.6) is 0 Å². The Morgan fingerprint density at radius 1 is 1.00 bits per heavy atom. The number of aryl methyl sites for hydroxylation is 1. The Kier molecular flexibility index (Phi) is 4.75. The highest BCUT2D eigenvalue weighted by Gasteiger charge is 2.14. The highest BCUT2D eigenvalue weighted by atomic mass is 16.1. The maximum atomic E-state index is 11.1. The lowest BCUT2D eigenvalue weighted by atomic mass is 10.1. The van der Waals surface area contributed by atoms with Crippen LogP contribution in [0, 0.1) is 0 Å². The molecule has 1 aromatic rings. The van der Waals surface area contributed by atoms with E-state index in [0.717, 1.165) is 32.5 Å². The standard InChI is InChI=1S/C15H21NO/c17-15-9-12-16(13-10-15)11-5-4-8-14-6-2-1-3-7-14/h1-3,6-7H,4-5,8-13H2. The van der Waals surface area contributed by atoms with Crippen LogP contribution < -0.4 is 0 Å². The molecular formula is C15H21NO. The Morgan fingerprint density at radius 2 is 1.71 bits per heavy atom. The summed E-state index contributed by atoms with van der Waals surface area (Å²) in [7, 11) is 0. The highest BCUT2D eigenvalue weighted by Crippen LogP contribution is 2.09. The van der Waals surface area contributed by atoms with Crippen LogP contribution in [0.1, 0.15) is 31.2 Å². The van der Waals surface area contributed by atoms with Crippen molar-refractivity contribution in [3.63, 3.8) is 0 Å². The molecule has 1 heterocycles. The maximum Gasteiger partial charge on any atom is 0.135 e. The second-order valence-electron chi connectivity index (χ2n) is 4.82. The van der Waals surface area contributed by atoms with Gasteiger partial charge in [0.15, 0.2) is 0 Å². The van der Waals surface area contributed by atoms with Gasteiger partial charge in [0, 0.05) is 25.9 Å². The summed E-state index contributed by atoms with van der Waals surface area (Å²) in [5, 5.41) is 0. The van der Waals surface area contributed by atoms with Gasteiger partial charge in [-0.15, -0.1) is 0 Å². The molecule has 0 saturated carbocycles. The molecular weight excluding hydrogens is 210 g/mol. The molecule has 0 unspecified atom stereocenters. The summed E-state index contributed by atoms with van der Waals surface area (Å²) in [5.74, 6) is 0.436. The minimum Gasteiger partial charge on any atom is -0.302 e. The lowest BCUT2D eigenvalue weighted by Crippen LogP contribution is -2.34. The zero-order valence-electron chi connectivity index (χ0n) is 10.4. The third-order valence-electron chi connectivity index (χ3n) is 3.45. The van der Waals surface area contributed by atoms with Crippen molar-refractivity contribution in [1.82, 2.24) is 4.90 Å². The van der Waals surface area contributed by atoms with Crippen molar-refractivity contribution in [3.8, 4) is 0 Å². The van der Waals surface area contributed by atoms with Gasteiger partial charge in [0.25, 0.3) is 0 Å². The SMILES string of the molecule is O=C1CCN(CCCCc2ccccc2)CC1. The number of piperidine rings is 1. The minimum atomic E-state index is 0.436. The number of carbonyl (C=O) groups is 1. The Balaban J connectivity index is 1.59. The molecule has 0 aromatic heterocycles. The first-order chi connectivity index (χ1) is 8.34. The zero-order valence-corrected chi connectivity index (χ0v) is 10.4. The predicted molar refractivity (Wildman–Crippen MR) is 70.1 cm³/mol. The number of Topliss-reactive ketones (excluding diaryl/α,β-unsaturated/α-hetero) is 1. The molecule has 2 rings (SSSR count). The Morgan fingerprint density at radius 3 is 2.41 bits per heavy atom.